The van der Waals surface area contributed by atoms with E-state index in [1.807, 2.05) is 18.2 Å². The molecule has 1 fully saturated rings. The monoisotopic (exact) mass is 263 g/mol. The highest BCUT2D eigenvalue weighted by Crippen LogP contribution is 2.20. The molecule has 0 spiro atoms. The van der Waals surface area contributed by atoms with Gasteiger partial charge in [-0.25, -0.2) is 4.79 Å². The number of carbonyl (C=O) groups is 1. The summed E-state index contributed by atoms with van der Waals surface area (Å²) in [7, 11) is 1.38. The molecule has 1 aromatic carbocycles. The SMILES string of the molecule is COC(=O)c1ccccc1OCC[C@H]1CCCNC1. The van der Waals surface area contributed by atoms with Crippen LogP contribution in [0.3, 0.4) is 0 Å². The van der Waals surface area contributed by atoms with Gasteiger partial charge in [-0.15, -0.1) is 0 Å². The van der Waals surface area contributed by atoms with Crippen molar-refractivity contribution in [3.05, 3.63) is 29.8 Å². The third-order valence-electron chi connectivity index (χ3n) is 3.47. The van der Waals surface area contributed by atoms with Crippen molar-refractivity contribution in [2.24, 2.45) is 5.92 Å². The lowest BCUT2D eigenvalue weighted by Crippen LogP contribution is -2.30. The number of piperidine rings is 1. The Kier molecular flexibility index (Phi) is 5.21. The average molecular weight is 263 g/mol. The molecule has 19 heavy (non-hydrogen) atoms. The molecular formula is C15H21NO3. The molecule has 1 N–H and O–H groups in total. The van der Waals surface area contributed by atoms with Gasteiger partial charge < -0.3 is 14.8 Å². The number of ether oxygens (including phenoxy) is 2. The molecule has 0 aliphatic carbocycles. The summed E-state index contributed by atoms with van der Waals surface area (Å²) in [6.07, 6.45) is 3.51. The van der Waals surface area contributed by atoms with Gasteiger partial charge in [0.05, 0.1) is 13.7 Å². The number of rotatable bonds is 5. The first kappa shape index (κ1) is 13.9. The van der Waals surface area contributed by atoms with Crippen molar-refractivity contribution in [1.29, 1.82) is 0 Å². The standard InChI is InChI=1S/C15H21NO3/c1-18-15(17)13-6-2-3-7-14(13)19-10-8-12-5-4-9-16-11-12/h2-3,6-7,12,16H,4-5,8-11H2,1H3/t12-/m1/s1. The summed E-state index contributed by atoms with van der Waals surface area (Å²) in [5.41, 5.74) is 0.492. The number of hydrogen-bond donors (Lipinski definition) is 1. The van der Waals surface area contributed by atoms with Crippen molar-refractivity contribution in [3.63, 3.8) is 0 Å². The van der Waals surface area contributed by atoms with Crippen LogP contribution in [0.15, 0.2) is 24.3 Å². The van der Waals surface area contributed by atoms with Crippen molar-refractivity contribution < 1.29 is 14.3 Å². The number of para-hydroxylation sites is 1. The highest BCUT2D eigenvalue weighted by Gasteiger charge is 2.15. The van der Waals surface area contributed by atoms with Gasteiger partial charge in [0, 0.05) is 0 Å². The van der Waals surface area contributed by atoms with Crippen molar-refractivity contribution in [3.8, 4) is 5.75 Å². The molecule has 1 heterocycles. The van der Waals surface area contributed by atoms with Gasteiger partial charge in [-0.1, -0.05) is 12.1 Å². The maximum atomic E-state index is 11.6. The summed E-state index contributed by atoms with van der Waals surface area (Å²) >= 11 is 0. The van der Waals surface area contributed by atoms with E-state index in [9.17, 15) is 4.79 Å². The van der Waals surface area contributed by atoms with E-state index in [0.717, 1.165) is 19.5 Å². The fourth-order valence-corrected chi connectivity index (χ4v) is 2.38. The fraction of sp³-hybridized carbons (Fsp3) is 0.533. The third kappa shape index (κ3) is 3.96. The van der Waals surface area contributed by atoms with Gasteiger partial charge in [-0.3, -0.25) is 0 Å². The quantitative estimate of drug-likeness (QED) is 0.828. The molecule has 0 aromatic heterocycles. The van der Waals surface area contributed by atoms with Crippen LogP contribution >= 0.6 is 0 Å². The molecule has 1 aromatic rings. The van der Waals surface area contributed by atoms with Crippen LogP contribution in [0.2, 0.25) is 0 Å². The van der Waals surface area contributed by atoms with Gasteiger partial charge in [0.2, 0.25) is 0 Å². The number of methoxy groups -OCH3 is 1. The lowest BCUT2D eigenvalue weighted by atomic mass is 9.97. The van der Waals surface area contributed by atoms with Crippen molar-refractivity contribution in [1.82, 2.24) is 5.32 Å². The Labute approximate surface area is 114 Å². The van der Waals surface area contributed by atoms with Crippen LogP contribution in [0.5, 0.6) is 5.75 Å². The maximum Gasteiger partial charge on any atom is 0.341 e. The van der Waals surface area contributed by atoms with Crippen LogP contribution in [-0.4, -0.2) is 32.8 Å². The lowest BCUT2D eigenvalue weighted by Gasteiger charge is -2.22. The molecule has 4 nitrogen and oxygen atoms in total. The van der Waals surface area contributed by atoms with Gasteiger partial charge >= 0.3 is 5.97 Å². The van der Waals surface area contributed by atoms with Crippen LogP contribution in [0, 0.1) is 5.92 Å². The number of carbonyl (C=O) groups excluding carboxylic acids is 1. The van der Waals surface area contributed by atoms with E-state index >= 15 is 0 Å². The molecule has 0 bridgehead atoms. The lowest BCUT2D eigenvalue weighted by molar-refractivity contribution is 0.0595. The molecule has 1 aliphatic rings. The zero-order valence-electron chi connectivity index (χ0n) is 11.4. The first-order chi connectivity index (χ1) is 9.31. The van der Waals surface area contributed by atoms with E-state index in [2.05, 4.69) is 5.32 Å². The highest BCUT2D eigenvalue weighted by atomic mass is 16.5. The minimum Gasteiger partial charge on any atom is -0.493 e. The van der Waals surface area contributed by atoms with Crippen molar-refractivity contribution in [2.75, 3.05) is 26.8 Å². The number of hydrogen-bond acceptors (Lipinski definition) is 4. The smallest absolute Gasteiger partial charge is 0.341 e. The molecule has 0 unspecified atom stereocenters. The van der Waals surface area contributed by atoms with Crippen LogP contribution in [0.25, 0.3) is 0 Å². The Balaban J connectivity index is 1.86. The van der Waals surface area contributed by atoms with Crippen molar-refractivity contribution >= 4 is 5.97 Å². The molecule has 104 valence electrons. The Bertz CT molecular complexity index is 414. The third-order valence-corrected chi connectivity index (χ3v) is 3.47. The molecular weight excluding hydrogens is 242 g/mol. The van der Waals surface area contributed by atoms with E-state index < -0.39 is 0 Å². The summed E-state index contributed by atoms with van der Waals surface area (Å²) in [6, 6.07) is 7.21. The maximum absolute atomic E-state index is 11.6. The second-order valence-corrected chi connectivity index (χ2v) is 4.84. The minimum absolute atomic E-state index is 0.352. The summed E-state index contributed by atoms with van der Waals surface area (Å²) in [5.74, 6) is 0.937. The fourth-order valence-electron chi connectivity index (χ4n) is 2.38. The minimum atomic E-state index is -0.352. The molecule has 4 heteroatoms. The summed E-state index contributed by atoms with van der Waals surface area (Å²) in [5, 5.41) is 3.39. The summed E-state index contributed by atoms with van der Waals surface area (Å²) in [4.78, 5) is 11.6. The first-order valence-corrected chi connectivity index (χ1v) is 6.82. The summed E-state index contributed by atoms with van der Waals surface area (Å²) < 4.78 is 10.5. The first-order valence-electron chi connectivity index (χ1n) is 6.82. The van der Waals surface area contributed by atoms with Gasteiger partial charge in [0.15, 0.2) is 0 Å². The van der Waals surface area contributed by atoms with E-state index in [-0.39, 0.29) is 5.97 Å². The van der Waals surface area contributed by atoms with Crippen LogP contribution in [0.1, 0.15) is 29.6 Å². The van der Waals surface area contributed by atoms with Crippen molar-refractivity contribution in [2.45, 2.75) is 19.3 Å². The van der Waals surface area contributed by atoms with E-state index in [4.69, 9.17) is 9.47 Å². The number of esters is 1. The van der Waals surface area contributed by atoms with Gasteiger partial charge in [0.25, 0.3) is 0 Å². The zero-order valence-corrected chi connectivity index (χ0v) is 11.4. The largest absolute Gasteiger partial charge is 0.493 e. The van der Waals surface area contributed by atoms with Crippen LogP contribution < -0.4 is 10.1 Å². The molecule has 1 saturated heterocycles. The van der Waals surface area contributed by atoms with E-state index in [1.54, 1.807) is 6.07 Å². The Morgan fingerprint density at radius 2 is 2.26 bits per heavy atom. The normalized spacial score (nSPS) is 18.9. The molecule has 2 rings (SSSR count). The van der Waals surface area contributed by atoms with Crippen LogP contribution in [0.4, 0.5) is 0 Å². The zero-order chi connectivity index (χ0) is 13.5. The molecule has 0 amide bonds. The second-order valence-electron chi connectivity index (χ2n) is 4.84. The molecule has 0 radical (unpaired) electrons. The summed E-state index contributed by atoms with van der Waals surface area (Å²) in [6.45, 7) is 2.84. The van der Waals surface area contributed by atoms with Gasteiger partial charge in [0.1, 0.15) is 11.3 Å². The Morgan fingerprint density at radius 1 is 1.42 bits per heavy atom. The average Bonchev–Trinajstić information content (AvgIpc) is 2.48. The predicted molar refractivity (Wildman–Crippen MR) is 73.5 cm³/mol. The second kappa shape index (κ2) is 7.14. The predicted octanol–water partition coefficient (Wildman–Crippen LogP) is 2.24. The van der Waals surface area contributed by atoms with E-state index in [1.165, 1.54) is 20.0 Å². The highest BCUT2D eigenvalue weighted by molar-refractivity contribution is 5.92. The topological polar surface area (TPSA) is 47.6 Å². The Hall–Kier alpha value is -1.55. The molecule has 0 saturated carbocycles. The molecule has 1 atom stereocenters. The number of nitrogens with one attached hydrogen (secondary N) is 1. The van der Waals surface area contributed by atoms with Gasteiger partial charge in [-0.2, -0.15) is 0 Å². The Morgan fingerprint density at radius 3 is 3.00 bits per heavy atom. The van der Waals surface area contributed by atoms with Crippen LogP contribution in [-0.2, 0) is 4.74 Å². The van der Waals surface area contributed by atoms with E-state index in [0.29, 0.717) is 23.8 Å². The van der Waals surface area contributed by atoms with Gasteiger partial charge in [-0.05, 0) is 50.4 Å². The molecule has 1 aliphatic heterocycles. The number of benzene rings is 1.